The van der Waals surface area contributed by atoms with Crippen LogP contribution in [0.1, 0.15) is 37.0 Å². The summed E-state index contributed by atoms with van der Waals surface area (Å²) in [6, 6.07) is 1.66. The number of hydrogen-bond donors (Lipinski definition) is 2. The number of aryl methyl sites for hydroxylation is 1. The summed E-state index contributed by atoms with van der Waals surface area (Å²) < 4.78 is 1.69. The molecule has 2 rings (SSSR count). The molecule has 2 aromatic rings. The van der Waals surface area contributed by atoms with E-state index in [-0.39, 0.29) is 17.4 Å². The van der Waals surface area contributed by atoms with E-state index < -0.39 is 0 Å². The normalized spacial score (nSPS) is 11.6. The summed E-state index contributed by atoms with van der Waals surface area (Å²) in [5.41, 5.74) is 0.978. The Hall–Kier alpha value is -2.18. The van der Waals surface area contributed by atoms with Crippen LogP contribution in [0.5, 0.6) is 0 Å². The van der Waals surface area contributed by atoms with Crippen LogP contribution in [0.15, 0.2) is 12.4 Å². The van der Waals surface area contributed by atoms with Gasteiger partial charge in [-0.1, -0.05) is 0 Å². The van der Waals surface area contributed by atoms with Crippen molar-refractivity contribution in [3.63, 3.8) is 0 Å². The smallest absolute Gasteiger partial charge is 0.278 e. The molecule has 0 spiro atoms. The maximum Gasteiger partial charge on any atom is 0.278 e. The lowest BCUT2D eigenvalue weighted by Gasteiger charge is -2.17. The highest BCUT2D eigenvalue weighted by Crippen LogP contribution is 2.12. The van der Waals surface area contributed by atoms with E-state index in [9.17, 15) is 4.79 Å². The molecule has 0 saturated carbocycles. The van der Waals surface area contributed by atoms with Crippen molar-refractivity contribution in [1.82, 2.24) is 25.0 Å². The first-order valence-corrected chi connectivity index (χ1v) is 5.62. The van der Waals surface area contributed by atoms with Crippen LogP contribution >= 0.6 is 0 Å². The van der Waals surface area contributed by atoms with Gasteiger partial charge < -0.3 is 0 Å². The van der Waals surface area contributed by atoms with Gasteiger partial charge in [0.1, 0.15) is 6.33 Å². The van der Waals surface area contributed by atoms with Gasteiger partial charge in [-0.3, -0.25) is 15.2 Å². The molecule has 0 aliphatic carbocycles. The Morgan fingerprint density at radius 3 is 2.67 bits per heavy atom. The van der Waals surface area contributed by atoms with Gasteiger partial charge >= 0.3 is 0 Å². The van der Waals surface area contributed by atoms with Crippen LogP contribution in [0.4, 0.5) is 5.95 Å². The fourth-order valence-electron chi connectivity index (χ4n) is 1.34. The Morgan fingerprint density at radius 1 is 1.44 bits per heavy atom. The summed E-state index contributed by atoms with van der Waals surface area (Å²) in [6.45, 7) is 7.84. The first-order chi connectivity index (χ1) is 8.36. The molecule has 0 bridgehead atoms. The SMILES string of the molecule is Cc1cc(C(=O)Nc2ncn(C(C)(C)C)n2)n[nH]1. The largest absolute Gasteiger partial charge is 0.288 e. The second-order valence-electron chi connectivity index (χ2n) is 5.07. The van der Waals surface area contributed by atoms with Gasteiger partial charge in [0, 0.05) is 5.69 Å². The molecule has 0 aliphatic rings. The lowest BCUT2D eigenvalue weighted by atomic mass is 10.1. The van der Waals surface area contributed by atoms with Gasteiger partial charge in [-0.25, -0.2) is 9.67 Å². The van der Waals surface area contributed by atoms with E-state index in [0.29, 0.717) is 5.69 Å². The Kier molecular flexibility index (Phi) is 2.90. The van der Waals surface area contributed by atoms with Crippen LogP contribution in [0.25, 0.3) is 0 Å². The van der Waals surface area contributed by atoms with E-state index in [1.54, 1.807) is 17.1 Å². The molecule has 2 N–H and O–H groups in total. The molecule has 7 nitrogen and oxygen atoms in total. The number of aromatic amines is 1. The van der Waals surface area contributed by atoms with Crippen molar-refractivity contribution in [2.45, 2.75) is 33.2 Å². The van der Waals surface area contributed by atoms with Gasteiger partial charge in [0.05, 0.1) is 5.54 Å². The highest BCUT2D eigenvalue weighted by atomic mass is 16.2. The van der Waals surface area contributed by atoms with Gasteiger partial charge in [0.25, 0.3) is 5.91 Å². The number of carbonyl (C=O) groups excluding carboxylic acids is 1. The molecule has 2 heterocycles. The highest BCUT2D eigenvalue weighted by molar-refractivity contribution is 6.01. The predicted octanol–water partition coefficient (Wildman–Crippen LogP) is 1.32. The number of nitrogens with one attached hydrogen (secondary N) is 2. The number of H-pyrrole nitrogens is 1. The molecule has 96 valence electrons. The Labute approximate surface area is 105 Å². The van der Waals surface area contributed by atoms with Crippen LogP contribution in [-0.2, 0) is 5.54 Å². The second-order valence-corrected chi connectivity index (χ2v) is 5.07. The van der Waals surface area contributed by atoms with E-state index in [1.165, 1.54) is 0 Å². The van der Waals surface area contributed by atoms with Crippen molar-refractivity contribution >= 4 is 11.9 Å². The summed E-state index contributed by atoms with van der Waals surface area (Å²) in [7, 11) is 0. The monoisotopic (exact) mass is 248 g/mol. The van der Waals surface area contributed by atoms with Crippen LogP contribution in [0.2, 0.25) is 0 Å². The van der Waals surface area contributed by atoms with Crippen LogP contribution in [0, 0.1) is 6.92 Å². The molecule has 0 aromatic carbocycles. The summed E-state index contributed by atoms with van der Waals surface area (Å²) in [5, 5.41) is 13.4. The Bertz CT molecular complexity index is 562. The van der Waals surface area contributed by atoms with Crippen molar-refractivity contribution in [1.29, 1.82) is 0 Å². The van der Waals surface area contributed by atoms with E-state index in [0.717, 1.165) is 5.69 Å². The average Bonchev–Trinajstić information content (AvgIpc) is 2.85. The minimum absolute atomic E-state index is 0.168. The Balaban J connectivity index is 2.10. The molecular formula is C11H16N6O. The zero-order chi connectivity index (χ0) is 13.3. The molecule has 0 atom stereocenters. The van der Waals surface area contributed by atoms with E-state index in [2.05, 4.69) is 25.6 Å². The van der Waals surface area contributed by atoms with E-state index in [1.807, 2.05) is 27.7 Å². The summed E-state index contributed by atoms with van der Waals surface area (Å²) in [5.74, 6) is -0.0541. The molecule has 0 saturated heterocycles. The quantitative estimate of drug-likeness (QED) is 0.838. The summed E-state index contributed by atoms with van der Waals surface area (Å²) in [4.78, 5) is 15.8. The van der Waals surface area contributed by atoms with Gasteiger partial charge in [-0.05, 0) is 33.8 Å². The third kappa shape index (κ3) is 2.55. The van der Waals surface area contributed by atoms with Crippen molar-refractivity contribution in [3.8, 4) is 0 Å². The molecule has 0 aliphatic heterocycles. The first kappa shape index (κ1) is 12.3. The zero-order valence-corrected chi connectivity index (χ0v) is 10.9. The van der Waals surface area contributed by atoms with Gasteiger partial charge in [-0.2, -0.15) is 5.10 Å². The molecule has 0 radical (unpaired) electrons. The van der Waals surface area contributed by atoms with E-state index in [4.69, 9.17) is 0 Å². The fourth-order valence-corrected chi connectivity index (χ4v) is 1.34. The van der Waals surface area contributed by atoms with Crippen molar-refractivity contribution in [2.24, 2.45) is 0 Å². The summed E-state index contributed by atoms with van der Waals surface area (Å²) >= 11 is 0. The molecule has 0 unspecified atom stereocenters. The van der Waals surface area contributed by atoms with Gasteiger partial charge in [-0.15, -0.1) is 5.10 Å². The molecule has 18 heavy (non-hydrogen) atoms. The molecule has 1 amide bonds. The Morgan fingerprint density at radius 2 is 2.17 bits per heavy atom. The number of rotatable bonds is 2. The number of aromatic nitrogens is 5. The summed E-state index contributed by atoms with van der Waals surface area (Å²) in [6.07, 6.45) is 1.59. The minimum atomic E-state index is -0.328. The molecular weight excluding hydrogens is 232 g/mol. The van der Waals surface area contributed by atoms with Crippen molar-refractivity contribution in [3.05, 3.63) is 23.8 Å². The molecule has 0 fully saturated rings. The zero-order valence-electron chi connectivity index (χ0n) is 10.9. The molecule has 7 heteroatoms. The number of carbonyl (C=O) groups is 1. The maximum atomic E-state index is 11.8. The van der Waals surface area contributed by atoms with Crippen LogP contribution in [0.3, 0.4) is 0 Å². The minimum Gasteiger partial charge on any atom is -0.288 e. The van der Waals surface area contributed by atoms with Gasteiger partial charge in [0.15, 0.2) is 5.69 Å². The topological polar surface area (TPSA) is 88.5 Å². The fraction of sp³-hybridized carbons (Fsp3) is 0.455. The maximum absolute atomic E-state index is 11.8. The highest BCUT2D eigenvalue weighted by Gasteiger charge is 2.17. The number of anilines is 1. The number of hydrogen-bond acceptors (Lipinski definition) is 4. The second kappa shape index (κ2) is 4.25. The van der Waals surface area contributed by atoms with Gasteiger partial charge in [0.2, 0.25) is 5.95 Å². The predicted molar refractivity (Wildman–Crippen MR) is 66.3 cm³/mol. The average molecular weight is 248 g/mol. The third-order valence-electron chi connectivity index (χ3n) is 2.34. The lowest BCUT2D eigenvalue weighted by molar-refractivity contribution is 0.102. The van der Waals surface area contributed by atoms with E-state index >= 15 is 0 Å². The molecule has 2 aromatic heterocycles. The standard InChI is InChI=1S/C11H16N6O/c1-7-5-8(15-14-7)9(18)13-10-12-6-17(16-10)11(2,3)4/h5-6H,1-4H3,(H,14,15)(H,13,16,18). The number of nitrogens with zero attached hydrogens (tertiary/aromatic N) is 4. The van der Waals surface area contributed by atoms with Crippen LogP contribution < -0.4 is 5.32 Å². The lowest BCUT2D eigenvalue weighted by Crippen LogP contribution is -2.22. The third-order valence-corrected chi connectivity index (χ3v) is 2.34. The van der Waals surface area contributed by atoms with Crippen LogP contribution in [-0.4, -0.2) is 30.9 Å². The van der Waals surface area contributed by atoms with Crippen molar-refractivity contribution < 1.29 is 4.79 Å². The first-order valence-electron chi connectivity index (χ1n) is 5.62. The van der Waals surface area contributed by atoms with Crippen molar-refractivity contribution in [2.75, 3.05) is 5.32 Å². The number of amides is 1.